The molecule has 0 unspecified atom stereocenters. The molecule has 0 aliphatic rings. The molecule has 0 spiro atoms. The van der Waals surface area contributed by atoms with Gasteiger partial charge in [-0.15, -0.1) is 0 Å². The van der Waals surface area contributed by atoms with Crippen molar-refractivity contribution in [1.82, 2.24) is 10.3 Å². The highest BCUT2D eigenvalue weighted by molar-refractivity contribution is 5.75. The van der Waals surface area contributed by atoms with Gasteiger partial charge in [0.15, 0.2) is 0 Å². The molecule has 1 amide bonds. The quantitative estimate of drug-likeness (QED) is 0.392. The minimum Gasteiger partial charge on any atom is -0.306 e. The summed E-state index contributed by atoms with van der Waals surface area (Å²) < 4.78 is 0. The van der Waals surface area contributed by atoms with Gasteiger partial charge in [-0.1, -0.05) is 20.8 Å². The van der Waals surface area contributed by atoms with Crippen molar-refractivity contribution < 1.29 is 4.79 Å². The first-order valence-electron chi connectivity index (χ1n) is 5.03. The number of nitrogens with zero attached hydrogens (tertiary/aromatic N) is 1. The van der Waals surface area contributed by atoms with Gasteiger partial charge < -0.3 is 4.90 Å². The summed E-state index contributed by atoms with van der Waals surface area (Å²) in [6, 6.07) is 0. The van der Waals surface area contributed by atoms with E-state index in [0.29, 0.717) is 11.8 Å². The number of rotatable bonds is 5. The molecule has 0 saturated heterocycles. The van der Waals surface area contributed by atoms with Gasteiger partial charge in [0.25, 0.3) is 0 Å². The normalized spacial score (nSPS) is 11.9. The lowest BCUT2D eigenvalue weighted by molar-refractivity contribution is -0.121. The molecule has 0 bridgehead atoms. The summed E-state index contributed by atoms with van der Waals surface area (Å²) in [7, 11) is 2.08. The third kappa shape index (κ3) is 8.01. The van der Waals surface area contributed by atoms with Gasteiger partial charge in [0.05, 0.1) is 0 Å². The fraction of sp³-hybridized carbons (Fsp3) is 0.900. The van der Waals surface area contributed by atoms with Crippen molar-refractivity contribution in [2.24, 2.45) is 11.3 Å². The Morgan fingerprint density at radius 2 is 2.00 bits per heavy atom. The van der Waals surface area contributed by atoms with Crippen LogP contribution in [0.15, 0.2) is 0 Å². The summed E-state index contributed by atoms with van der Waals surface area (Å²) in [5, 5.41) is 0. The Morgan fingerprint density at radius 3 is 2.43 bits per heavy atom. The maximum absolute atomic E-state index is 10.8. The molecular formula is C10H23N3O. The van der Waals surface area contributed by atoms with Crippen molar-refractivity contribution in [2.45, 2.75) is 33.6 Å². The zero-order valence-corrected chi connectivity index (χ0v) is 9.76. The fourth-order valence-electron chi connectivity index (χ4n) is 1.47. The average molecular weight is 201 g/mol. The van der Waals surface area contributed by atoms with E-state index in [2.05, 4.69) is 38.1 Å². The molecule has 0 aromatic rings. The van der Waals surface area contributed by atoms with Crippen molar-refractivity contribution in [3.05, 3.63) is 0 Å². The molecule has 0 aromatic heterocycles. The molecule has 0 fully saturated rings. The van der Waals surface area contributed by atoms with Crippen LogP contribution in [0.5, 0.6) is 0 Å². The number of hydrogen-bond donors (Lipinski definition) is 2. The van der Waals surface area contributed by atoms with Crippen LogP contribution in [-0.2, 0) is 4.79 Å². The van der Waals surface area contributed by atoms with Crippen molar-refractivity contribution >= 4 is 5.91 Å². The van der Waals surface area contributed by atoms with Crippen LogP contribution in [0.3, 0.4) is 0 Å². The highest BCUT2D eigenvalue weighted by Crippen LogP contribution is 2.14. The number of nitrogens with two attached hydrogens (primary N) is 1. The molecule has 4 heteroatoms. The van der Waals surface area contributed by atoms with Crippen molar-refractivity contribution in [2.75, 3.05) is 20.1 Å². The van der Waals surface area contributed by atoms with Crippen LogP contribution in [-0.4, -0.2) is 30.9 Å². The van der Waals surface area contributed by atoms with Gasteiger partial charge in [-0.05, 0) is 25.4 Å². The second-order valence-corrected chi connectivity index (χ2v) is 4.97. The molecule has 0 atom stereocenters. The molecule has 0 saturated carbocycles. The van der Waals surface area contributed by atoms with Crippen LogP contribution in [0.2, 0.25) is 0 Å². The van der Waals surface area contributed by atoms with Crippen LogP contribution in [0.25, 0.3) is 0 Å². The maximum Gasteiger partial charge on any atom is 0.233 e. The SMILES string of the molecule is CN(CCCC(=O)NN)CC(C)(C)C. The Bertz CT molecular complexity index is 175. The Kier molecular flexibility index (Phi) is 5.72. The van der Waals surface area contributed by atoms with Gasteiger partial charge in [-0.2, -0.15) is 0 Å². The largest absolute Gasteiger partial charge is 0.306 e. The number of carbonyl (C=O) groups excluding carboxylic acids is 1. The lowest BCUT2D eigenvalue weighted by Gasteiger charge is -2.26. The third-order valence-electron chi connectivity index (χ3n) is 1.85. The highest BCUT2D eigenvalue weighted by Gasteiger charge is 2.13. The fourth-order valence-corrected chi connectivity index (χ4v) is 1.47. The molecule has 3 N–H and O–H groups in total. The van der Waals surface area contributed by atoms with E-state index >= 15 is 0 Å². The average Bonchev–Trinajstić information content (AvgIpc) is 2.00. The van der Waals surface area contributed by atoms with Gasteiger partial charge in [0.1, 0.15) is 0 Å². The Hall–Kier alpha value is -0.610. The van der Waals surface area contributed by atoms with Crippen molar-refractivity contribution in [1.29, 1.82) is 0 Å². The number of nitrogens with one attached hydrogen (secondary N) is 1. The van der Waals surface area contributed by atoms with Crippen molar-refractivity contribution in [3.8, 4) is 0 Å². The number of hydrazine groups is 1. The predicted molar refractivity (Wildman–Crippen MR) is 58.5 cm³/mol. The van der Waals surface area contributed by atoms with E-state index in [0.717, 1.165) is 19.5 Å². The molecule has 0 radical (unpaired) electrons. The molecule has 0 heterocycles. The molecule has 0 rings (SSSR count). The number of amides is 1. The van der Waals surface area contributed by atoms with E-state index in [4.69, 9.17) is 5.84 Å². The van der Waals surface area contributed by atoms with Gasteiger partial charge in [-0.3, -0.25) is 10.2 Å². The van der Waals surface area contributed by atoms with Gasteiger partial charge in [0, 0.05) is 13.0 Å². The smallest absolute Gasteiger partial charge is 0.233 e. The summed E-state index contributed by atoms with van der Waals surface area (Å²) in [5.74, 6) is 4.89. The lowest BCUT2D eigenvalue weighted by Crippen LogP contribution is -2.32. The van der Waals surface area contributed by atoms with Crippen LogP contribution in [0.4, 0.5) is 0 Å². The third-order valence-corrected chi connectivity index (χ3v) is 1.85. The second kappa shape index (κ2) is 5.98. The topological polar surface area (TPSA) is 58.4 Å². The monoisotopic (exact) mass is 201 g/mol. The van der Waals surface area contributed by atoms with E-state index < -0.39 is 0 Å². The Balaban J connectivity index is 3.54. The van der Waals surface area contributed by atoms with Gasteiger partial charge in [0.2, 0.25) is 5.91 Å². The molecule has 84 valence electrons. The molecular weight excluding hydrogens is 178 g/mol. The Labute approximate surface area is 86.8 Å². The van der Waals surface area contributed by atoms with Crippen LogP contribution in [0, 0.1) is 5.41 Å². The minimum atomic E-state index is -0.0887. The van der Waals surface area contributed by atoms with Gasteiger partial charge >= 0.3 is 0 Å². The summed E-state index contributed by atoms with van der Waals surface area (Å²) in [5.41, 5.74) is 2.44. The van der Waals surface area contributed by atoms with E-state index in [9.17, 15) is 4.79 Å². The molecule has 4 nitrogen and oxygen atoms in total. The first kappa shape index (κ1) is 13.4. The molecule has 0 aliphatic heterocycles. The van der Waals surface area contributed by atoms with E-state index in [1.807, 2.05) is 0 Å². The molecule has 0 aliphatic carbocycles. The van der Waals surface area contributed by atoms with Crippen molar-refractivity contribution in [3.63, 3.8) is 0 Å². The second-order valence-electron chi connectivity index (χ2n) is 4.97. The van der Waals surface area contributed by atoms with Crippen LogP contribution >= 0.6 is 0 Å². The van der Waals surface area contributed by atoms with Gasteiger partial charge in [-0.25, -0.2) is 5.84 Å². The molecule has 0 aromatic carbocycles. The maximum atomic E-state index is 10.8. The Morgan fingerprint density at radius 1 is 1.43 bits per heavy atom. The standard InChI is InChI=1S/C10H23N3O/c1-10(2,3)8-13(4)7-5-6-9(14)12-11/h5-8,11H2,1-4H3,(H,12,14). The first-order valence-corrected chi connectivity index (χ1v) is 5.03. The minimum absolute atomic E-state index is 0.0887. The number of carbonyl (C=O) groups is 1. The number of hydrogen-bond acceptors (Lipinski definition) is 3. The van der Waals surface area contributed by atoms with Crippen LogP contribution in [0.1, 0.15) is 33.6 Å². The summed E-state index contributed by atoms with van der Waals surface area (Å²) in [4.78, 5) is 13.1. The first-order chi connectivity index (χ1) is 6.35. The van der Waals surface area contributed by atoms with E-state index in [1.165, 1.54) is 0 Å². The van der Waals surface area contributed by atoms with Crippen LogP contribution < -0.4 is 11.3 Å². The molecule has 14 heavy (non-hydrogen) atoms. The van der Waals surface area contributed by atoms with E-state index in [1.54, 1.807) is 0 Å². The van der Waals surface area contributed by atoms with E-state index in [-0.39, 0.29) is 5.91 Å². The summed E-state index contributed by atoms with van der Waals surface area (Å²) in [6.45, 7) is 8.59. The lowest BCUT2D eigenvalue weighted by atomic mass is 9.96. The zero-order valence-electron chi connectivity index (χ0n) is 9.76. The summed E-state index contributed by atoms with van der Waals surface area (Å²) >= 11 is 0. The highest BCUT2D eigenvalue weighted by atomic mass is 16.2. The predicted octanol–water partition coefficient (Wildman–Crippen LogP) is 0.734. The zero-order chi connectivity index (χ0) is 11.2. The summed E-state index contributed by atoms with van der Waals surface area (Å²) in [6.07, 6.45) is 1.36.